The van der Waals surface area contributed by atoms with E-state index in [1.165, 1.54) is 34.6 Å². The second-order valence-electron chi connectivity index (χ2n) is 6.46. The SMILES string of the molecule is O=C(/C=C/c1ccc(Br)cc1)NNC(=O)c1ccc(S(=O)(=O)N2CCCC2)cc1. The van der Waals surface area contributed by atoms with Gasteiger partial charge in [0.1, 0.15) is 0 Å². The van der Waals surface area contributed by atoms with E-state index in [1.807, 2.05) is 24.3 Å². The van der Waals surface area contributed by atoms with Crippen LogP contribution in [0.4, 0.5) is 0 Å². The van der Waals surface area contributed by atoms with Crippen LogP contribution in [0.5, 0.6) is 0 Å². The van der Waals surface area contributed by atoms with Gasteiger partial charge in [-0.3, -0.25) is 20.4 Å². The third-order valence-corrected chi connectivity index (χ3v) is 6.86. The molecule has 0 bridgehead atoms. The average molecular weight is 478 g/mol. The van der Waals surface area contributed by atoms with E-state index in [0.29, 0.717) is 13.1 Å². The topological polar surface area (TPSA) is 95.6 Å². The maximum atomic E-state index is 12.5. The molecule has 1 saturated heterocycles. The highest BCUT2D eigenvalue weighted by molar-refractivity contribution is 9.10. The van der Waals surface area contributed by atoms with Crippen molar-refractivity contribution in [3.8, 4) is 0 Å². The summed E-state index contributed by atoms with van der Waals surface area (Å²) < 4.78 is 27.4. The molecule has 2 amide bonds. The van der Waals surface area contributed by atoms with Crippen molar-refractivity contribution in [3.05, 3.63) is 70.2 Å². The number of nitrogens with one attached hydrogen (secondary N) is 2. The molecule has 29 heavy (non-hydrogen) atoms. The summed E-state index contributed by atoms with van der Waals surface area (Å²) in [6.07, 6.45) is 4.63. The molecule has 0 unspecified atom stereocenters. The van der Waals surface area contributed by atoms with E-state index >= 15 is 0 Å². The molecule has 0 saturated carbocycles. The Bertz CT molecular complexity index is 1010. The zero-order valence-electron chi connectivity index (χ0n) is 15.5. The summed E-state index contributed by atoms with van der Waals surface area (Å²) in [5.41, 5.74) is 5.67. The molecule has 7 nitrogen and oxygen atoms in total. The molecule has 0 aromatic heterocycles. The van der Waals surface area contributed by atoms with Crippen LogP contribution in [-0.2, 0) is 14.8 Å². The Morgan fingerprint density at radius 3 is 2.17 bits per heavy atom. The van der Waals surface area contributed by atoms with Gasteiger partial charge in [-0.1, -0.05) is 28.1 Å². The predicted octanol–water partition coefficient (Wildman–Crippen LogP) is 2.71. The summed E-state index contributed by atoms with van der Waals surface area (Å²) in [5, 5.41) is 0. The van der Waals surface area contributed by atoms with Crippen LogP contribution < -0.4 is 10.9 Å². The molecule has 0 aliphatic carbocycles. The van der Waals surface area contributed by atoms with E-state index in [4.69, 9.17) is 0 Å². The number of nitrogens with zero attached hydrogens (tertiary/aromatic N) is 1. The highest BCUT2D eigenvalue weighted by atomic mass is 79.9. The molecule has 2 N–H and O–H groups in total. The summed E-state index contributed by atoms with van der Waals surface area (Å²) >= 11 is 3.33. The molecule has 1 aliphatic heterocycles. The highest BCUT2D eigenvalue weighted by Gasteiger charge is 2.27. The van der Waals surface area contributed by atoms with Crippen molar-refractivity contribution in [1.29, 1.82) is 0 Å². The molecular weight excluding hydrogens is 458 g/mol. The molecule has 2 aromatic carbocycles. The zero-order chi connectivity index (χ0) is 20.9. The minimum atomic E-state index is -3.52. The summed E-state index contributed by atoms with van der Waals surface area (Å²) in [4.78, 5) is 24.2. The van der Waals surface area contributed by atoms with Crippen molar-refractivity contribution >= 4 is 43.8 Å². The lowest BCUT2D eigenvalue weighted by molar-refractivity contribution is -0.117. The maximum absolute atomic E-state index is 12.5. The molecular formula is C20H20BrN3O4S. The Kier molecular flexibility index (Phi) is 6.83. The average Bonchev–Trinajstić information content (AvgIpc) is 3.27. The van der Waals surface area contributed by atoms with Crippen LogP contribution in [-0.4, -0.2) is 37.6 Å². The predicted molar refractivity (Wildman–Crippen MR) is 113 cm³/mol. The minimum absolute atomic E-state index is 0.150. The largest absolute Gasteiger partial charge is 0.269 e. The first-order valence-electron chi connectivity index (χ1n) is 9.00. The molecule has 0 radical (unpaired) electrons. The number of carbonyl (C=O) groups excluding carboxylic acids is 2. The van der Waals surface area contributed by atoms with Gasteiger partial charge in [0.05, 0.1) is 4.90 Å². The first kappa shape index (κ1) is 21.2. The van der Waals surface area contributed by atoms with Crippen molar-refractivity contribution in [1.82, 2.24) is 15.2 Å². The van der Waals surface area contributed by atoms with Gasteiger partial charge in [-0.25, -0.2) is 8.42 Å². The van der Waals surface area contributed by atoms with Crippen LogP contribution in [0.2, 0.25) is 0 Å². The van der Waals surface area contributed by atoms with Crippen molar-refractivity contribution in [2.45, 2.75) is 17.7 Å². The maximum Gasteiger partial charge on any atom is 0.269 e. The number of benzene rings is 2. The summed E-state index contributed by atoms with van der Waals surface area (Å²) in [7, 11) is -3.52. The summed E-state index contributed by atoms with van der Waals surface area (Å²) in [6.45, 7) is 1.04. The lowest BCUT2D eigenvalue weighted by Crippen LogP contribution is -2.40. The van der Waals surface area contributed by atoms with E-state index in [1.54, 1.807) is 6.08 Å². The summed E-state index contributed by atoms with van der Waals surface area (Å²) in [6, 6.07) is 13.0. The minimum Gasteiger partial charge on any atom is -0.268 e. The van der Waals surface area contributed by atoms with Crippen molar-refractivity contribution in [3.63, 3.8) is 0 Å². The Hall–Kier alpha value is -2.49. The van der Waals surface area contributed by atoms with Crippen molar-refractivity contribution in [2.24, 2.45) is 0 Å². The fraction of sp³-hybridized carbons (Fsp3) is 0.200. The Morgan fingerprint density at radius 1 is 0.931 bits per heavy atom. The van der Waals surface area contributed by atoms with Gasteiger partial charge in [-0.05, 0) is 60.9 Å². The quantitative estimate of drug-likeness (QED) is 0.511. The van der Waals surface area contributed by atoms with E-state index in [0.717, 1.165) is 22.9 Å². The normalized spacial score (nSPS) is 14.8. The third-order valence-electron chi connectivity index (χ3n) is 4.42. The fourth-order valence-corrected chi connectivity index (χ4v) is 4.62. The second-order valence-corrected chi connectivity index (χ2v) is 9.32. The van der Waals surface area contributed by atoms with E-state index in [-0.39, 0.29) is 10.5 Å². The molecule has 152 valence electrons. The third kappa shape index (κ3) is 5.53. The van der Waals surface area contributed by atoms with Gasteiger partial charge < -0.3 is 0 Å². The summed E-state index contributed by atoms with van der Waals surface area (Å²) in [5.74, 6) is -1.03. The highest BCUT2D eigenvalue weighted by Crippen LogP contribution is 2.21. The van der Waals surface area contributed by atoms with Crippen LogP contribution in [0.15, 0.2) is 64.0 Å². The van der Waals surface area contributed by atoms with E-state index in [9.17, 15) is 18.0 Å². The van der Waals surface area contributed by atoms with Gasteiger partial charge >= 0.3 is 0 Å². The van der Waals surface area contributed by atoms with Crippen molar-refractivity contribution < 1.29 is 18.0 Å². The Balaban J connectivity index is 1.55. The number of amides is 2. The number of hydrazine groups is 1. The molecule has 2 aromatic rings. The Morgan fingerprint density at radius 2 is 1.55 bits per heavy atom. The Labute approximate surface area is 177 Å². The van der Waals surface area contributed by atoms with Gasteiger partial charge in [-0.15, -0.1) is 0 Å². The monoisotopic (exact) mass is 477 g/mol. The number of hydrogen-bond acceptors (Lipinski definition) is 4. The smallest absolute Gasteiger partial charge is 0.268 e. The van der Waals surface area contributed by atoms with Gasteiger partial charge in [0.2, 0.25) is 10.0 Å². The number of halogens is 1. The molecule has 1 aliphatic rings. The number of carbonyl (C=O) groups is 2. The van der Waals surface area contributed by atoms with Crippen LogP contribution in [0.25, 0.3) is 6.08 Å². The number of rotatable bonds is 5. The van der Waals surface area contributed by atoms with Crippen LogP contribution in [0, 0.1) is 0 Å². The molecule has 3 rings (SSSR count). The van der Waals surface area contributed by atoms with Crippen LogP contribution in [0.1, 0.15) is 28.8 Å². The van der Waals surface area contributed by atoms with E-state index < -0.39 is 21.8 Å². The first-order valence-corrected chi connectivity index (χ1v) is 11.2. The lowest BCUT2D eigenvalue weighted by atomic mass is 10.2. The second kappa shape index (κ2) is 9.34. The fourth-order valence-electron chi connectivity index (χ4n) is 2.83. The number of sulfonamides is 1. The van der Waals surface area contributed by atoms with Crippen molar-refractivity contribution in [2.75, 3.05) is 13.1 Å². The standard InChI is InChI=1S/C20H20BrN3O4S/c21-17-8-3-15(4-9-17)5-12-19(25)22-23-20(26)16-6-10-18(11-7-16)29(27,28)24-13-1-2-14-24/h3-12H,1-2,13-14H2,(H,22,25)(H,23,26)/b12-5+. The lowest BCUT2D eigenvalue weighted by Gasteiger charge is -2.15. The van der Waals surface area contributed by atoms with Crippen LogP contribution in [0.3, 0.4) is 0 Å². The molecule has 9 heteroatoms. The van der Waals surface area contributed by atoms with Gasteiger partial charge in [0.25, 0.3) is 11.8 Å². The first-order chi connectivity index (χ1) is 13.9. The van der Waals surface area contributed by atoms with Gasteiger partial charge in [0, 0.05) is 29.2 Å². The number of hydrogen-bond donors (Lipinski definition) is 2. The molecule has 1 fully saturated rings. The zero-order valence-corrected chi connectivity index (χ0v) is 17.9. The van der Waals surface area contributed by atoms with Gasteiger partial charge in [-0.2, -0.15) is 4.31 Å². The van der Waals surface area contributed by atoms with Crippen LogP contribution >= 0.6 is 15.9 Å². The molecule has 0 atom stereocenters. The van der Waals surface area contributed by atoms with Gasteiger partial charge in [0.15, 0.2) is 0 Å². The molecule has 1 heterocycles. The molecule has 0 spiro atoms. The van der Waals surface area contributed by atoms with E-state index in [2.05, 4.69) is 26.8 Å².